The van der Waals surface area contributed by atoms with Crippen molar-refractivity contribution in [1.82, 2.24) is 0 Å². The molecule has 0 saturated heterocycles. The first-order valence-electron chi connectivity index (χ1n) is 10.4. The Kier molecular flexibility index (Phi) is 4.59. The molecule has 2 aromatic carbocycles. The van der Waals surface area contributed by atoms with E-state index in [4.69, 9.17) is 19.6 Å². The SMILES string of the molecule is C=CCN1C(=O)[C@@]2(C(C(=O)OCC)=C(N)Oc3c2c(=O)oc2ccccc32)c2ccccc21. The molecule has 0 radical (unpaired) electrons. The predicted molar refractivity (Wildman–Crippen MR) is 121 cm³/mol. The highest BCUT2D eigenvalue weighted by Crippen LogP contribution is 2.55. The largest absolute Gasteiger partial charge is 0.462 e. The predicted octanol–water partition coefficient (Wildman–Crippen LogP) is 2.74. The van der Waals surface area contributed by atoms with E-state index in [0.29, 0.717) is 16.6 Å². The minimum absolute atomic E-state index is 0.0388. The summed E-state index contributed by atoms with van der Waals surface area (Å²) in [5, 5.41) is 0.449. The molecule has 3 aromatic rings. The van der Waals surface area contributed by atoms with Crippen LogP contribution in [0.5, 0.6) is 5.75 Å². The molecule has 1 amide bonds. The molecule has 1 atom stereocenters. The third kappa shape index (κ3) is 2.60. The topological polar surface area (TPSA) is 112 Å². The fourth-order valence-corrected chi connectivity index (χ4v) is 4.73. The zero-order valence-electron chi connectivity index (χ0n) is 17.8. The minimum atomic E-state index is -1.89. The maximum absolute atomic E-state index is 14.2. The molecule has 0 bridgehead atoms. The lowest BCUT2D eigenvalue weighted by atomic mass is 9.68. The van der Waals surface area contributed by atoms with E-state index >= 15 is 0 Å². The third-order valence-corrected chi connectivity index (χ3v) is 5.93. The second-order valence-corrected chi connectivity index (χ2v) is 7.62. The standard InChI is InChI=1S/C25H20N2O6/c1-3-13-27-16-11-7-6-10-15(16)25(24(27)30)18-20(33-21(26)19(25)22(28)31-4-2)14-9-5-8-12-17(14)32-23(18)29/h3,5-12H,1,4,13,26H2,2H3/t25-/m0/s1. The number of nitrogens with zero attached hydrogens (tertiary/aromatic N) is 1. The first kappa shape index (κ1) is 20.6. The average Bonchev–Trinajstić information content (AvgIpc) is 3.03. The van der Waals surface area contributed by atoms with E-state index in [1.807, 2.05) is 0 Å². The number of amides is 1. The van der Waals surface area contributed by atoms with Crippen LogP contribution in [0.2, 0.25) is 0 Å². The lowest BCUT2D eigenvalue weighted by Crippen LogP contribution is -2.51. The van der Waals surface area contributed by atoms with Gasteiger partial charge in [0.05, 0.1) is 12.0 Å². The first-order valence-corrected chi connectivity index (χ1v) is 10.4. The van der Waals surface area contributed by atoms with Crippen molar-refractivity contribution in [3.05, 3.63) is 94.2 Å². The number of hydrogen-bond donors (Lipinski definition) is 1. The number of para-hydroxylation sites is 2. The van der Waals surface area contributed by atoms with Crippen LogP contribution in [-0.4, -0.2) is 25.0 Å². The Labute approximate surface area is 188 Å². The molecule has 33 heavy (non-hydrogen) atoms. The fraction of sp³-hybridized carbons (Fsp3) is 0.160. The number of ether oxygens (including phenoxy) is 2. The van der Waals surface area contributed by atoms with Crippen molar-refractivity contribution in [3.8, 4) is 5.75 Å². The monoisotopic (exact) mass is 444 g/mol. The molecule has 0 fully saturated rings. The fourth-order valence-electron chi connectivity index (χ4n) is 4.73. The number of nitrogens with two attached hydrogens (primary N) is 1. The zero-order valence-corrected chi connectivity index (χ0v) is 17.8. The van der Waals surface area contributed by atoms with Crippen LogP contribution in [0.3, 0.4) is 0 Å². The Morgan fingerprint density at radius 1 is 1.18 bits per heavy atom. The van der Waals surface area contributed by atoms with Crippen LogP contribution < -0.4 is 21.0 Å². The third-order valence-electron chi connectivity index (χ3n) is 5.93. The second-order valence-electron chi connectivity index (χ2n) is 7.62. The molecule has 166 valence electrons. The number of carbonyl (C=O) groups is 2. The van der Waals surface area contributed by atoms with Gasteiger partial charge in [-0.05, 0) is 25.1 Å². The molecular weight excluding hydrogens is 424 g/mol. The lowest BCUT2D eigenvalue weighted by molar-refractivity contribution is -0.140. The van der Waals surface area contributed by atoms with Crippen molar-refractivity contribution < 1.29 is 23.5 Å². The number of hydrogen-bond acceptors (Lipinski definition) is 7. The van der Waals surface area contributed by atoms with E-state index in [0.717, 1.165) is 0 Å². The molecule has 0 saturated carbocycles. The molecule has 1 spiro atoms. The first-order chi connectivity index (χ1) is 16.0. The summed E-state index contributed by atoms with van der Waals surface area (Å²) in [6.07, 6.45) is 1.56. The zero-order chi connectivity index (χ0) is 23.3. The number of carbonyl (C=O) groups excluding carboxylic acids is 2. The van der Waals surface area contributed by atoms with Crippen LogP contribution in [0, 0.1) is 0 Å². The van der Waals surface area contributed by atoms with Gasteiger partial charge >= 0.3 is 11.6 Å². The van der Waals surface area contributed by atoms with Gasteiger partial charge in [0.15, 0.2) is 5.75 Å². The van der Waals surface area contributed by atoms with E-state index in [1.165, 1.54) is 4.90 Å². The summed E-state index contributed by atoms with van der Waals surface area (Å²) in [6, 6.07) is 13.7. The van der Waals surface area contributed by atoms with E-state index < -0.39 is 22.9 Å². The Hall–Kier alpha value is -4.33. The van der Waals surface area contributed by atoms with E-state index in [2.05, 4.69) is 6.58 Å². The average molecular weight is 444 g/mol. The molecule has 0 unspecified atom stereocenters. The summed E-state index contributed by atoms with van der Waals surface area (Å²) in [6.45, 7) is 5.57. The van der Waals surface area contributed by atoms with Gasteiger partial charge < -0.3 is 24.5 Å². The molecule has 2 aliphatic heterocycles. The smallest absolute Gasteiger partial charge is 0.345 e. The highest BCUT2D eigenvalue weighted by atomic mass is 16.5. The Morgan fingerprint density at radius 2 is 1.91 bits per heavy atom. The Bertz CT molecular complexity index is 1440. The van der Waals surface area contributed by atoms with Crippen LogP contribution in [0.25, 0.3) is 11.0 Å². The van der Waals surface area contributed by atoms with Gasteiger partial charge in [-0.1, -0.05) is 36.4 Å². The van der Waals surface area contributed by atoms with Crippen molar-refractivity contribution in [1.29, 1.82) is 0 Å². The molecule has 8 heteroatoms. The molecule has 2 N–H and O–H groups in total. The van der Waals surface area contributed by atoms with Gasteiger partial charge in [0.25, 0.3) is 0 Å². The molecule has 8 nitrogen and oxygen atoms in total. The van der Waals surface area contributed by atoms with Crippen LogP contribution in [-0.2, 0) is 19.7 Å². The van der Waals surface area contributed by atoms with Crippen LogP contribution in [0.15, 0.2) is 81.9 Å². The second kappa shape index (κ2) is 7.37. The lowest BCUT2D eigenvalue weighted by Gasteiger charge is -2.35. The quantitative estimate of drug-likeness (QED) is 0.374. The Balaban J connectivity index is 1.97. The Morgan fingerprint density at radius 3 is 2.67 bits per heavy atom. The summed E-state index contributed by atoms with van der Waals surface area (Å²) in [5.41, 5.74) is 4.44. The normalized spacial score (nSPS) is 18.8. The summed E-state index contributed by atoms with van der Waals surface area (Å²) < 4.78 is 16.7. The van der Waals surface area contributed by atoms with Crippen molar-refractivity contribution in [2.45, 2.75) is 12.3 Å². The number of benzene rings is 2. The van der Waals surface area contributed by atoms with Crippen LogP contribution in [0.4, 0.5) is 5.69 Å². The van der Waals surface area contributed by atoms with Gasteiger partial charge in [-0.15, -0.1) is 6.58 Å². The van der Waals surface area contributed by atoms with Crippen molar-refractivity contribution in [2.24, 2.45) is 5.73 Å². The van der Waals surface area contributed by atoms with Gasteiger partial charge in [-0.3, -0.25) is 4.79 Å². The summed E-state index contributed by atoms with van der Waals surface area (Å²) >= 11 is 0. The van der Waals surface area contributed by atoms with Crippen molar-refractivity contribution in [2.75, 3.05) is 18.1 Å². The summed E-state index contributed by atoms with van der Waals surface area (Å²) in [5.74, 6) is -1.62. The molecular formula is C25H20N2O6. The molecule has 1 aromatic heterocycles. The molecule has 3 heterocycles. The van der Waals surface area contributed by atoms with E-state index in [9.17, 15) is 14.4 Å². The maximum atomic E-state index is 14.2. The summed E-state index contributed by atoms with van der Waals surface area (Å²) in [4.78, 5) is 42.3. The van der Waals surface area contributed by atoms with E-state index in [-0.39, 0.29) is 41.5 Å². The molecule has 0 aliphatic carbocycles. The van der Waals surface area contributed by atoms with Crippen LogP contribution in [0.1, 0.15) is 18.1 Å². The number of anilines is 1. The highest BCUT2D eigenvalue weighted by Gasteiger charge is 2.62. The minimum Gasteiger partial charge on any atom is -0.462 e. The van der Waals surface area contributed by atoms with Gasteiger partial charge in [0, 0.05) is 17.8 Å². The number of rotatable bonds is 4. The molecule has 5 rings (SSSR count). The van der Waals surface area contributed by atoms with Gasteiger partial charge in [-0.25, -0.2) is 9.59 Å². The number of esters is 1. The van der Waals surface area contributed by atoms with Gasteiger partial charge in [-0.2, -0.15) is 0 Å². The maximum Gasteiger partial charge on any atom is 0.345 e. The summed E-state index contributed by atoms with van der Waals surface area (Å²) in [7, 11) is 0. The highest BCUT2D eigenvalue weighted by molar-refractivity contribution is 6.19. The van der Waals surface area contributed by atoms with E-state index in [1.54, 1.807) is 61.5 Å². The number of fused-ring (bicyclic) bond motifs is 6. The van der Waals surface area contributed by atoms with Crippen molar-refractivity contribution in [3.63, 3.8) is 0 Å². The van der Waals surface area contributed by atoms with Gasteiger partial charge in [0.2, 0.25) is 11.8 Å². The van der Waals surface area contributed by atoms with Crippen LogP contribution >= 0.6 is 0 Å². The van der Waals surface area contributed by atoms with Crippen molar-refractivity contribution >= 4 is 28.5 Å². The molecule has 2 aliphatic rings. The van der Waals surface area contributed by atoms with Gasteiger partial charge in [0.1, 0.15) is 22.1 Å².